The first-order valence-electron chi connectivity index (χ1n) is 9.19. The first-order chi connectivity index (χ1) is 13.5. The van der Waals surface area contributed by atoms with Crippen molar-refractivity contribution in [1.82, 2.24) is 5.01 Å². The summed E-state index contributed by atoms with van der Waals surface area (Å²) >= 11 is 0. The largest absolute Gasteiger partial charge is 0.493 e. The van der Waals surface area contributed by atoms with Crippen molar-refractivity contribution in [3.8, 4) is 11.5 Å². The number of anilines is 1. The first-order valence-corrected chi connectivity index (χ1v) is 9.19. The summed E-state index contributed by atoms with van der Waals surface area (Å²) in [6.07, 6.45) is 0.435. The molecule has 7 heteroatoms. The van der Waals surface area contributed by atoms with Gasteiger partial charge < -0.3 is 19.9 Å². The molecule has 28 heavy (non-hydrogen) atoms. The third-order valence-electron chi connectivity index (χ3n) is 4.63. The number of benzene rings is 2. The number of hydrogen-bond donors (Lipinski definition) is 1. The average Bonchev–Trinajstić information content (AvgIpc) is 2.73. The number of hydrogen-bond acceptors (Lipinski definition) is 6. The number of nitrogen functional groups attached to an aromatic ring is 1. The Kier molecular flexibility index (Phi) is 6.03. The number of carbonyl (C=O) groups excluding carboxylic acids is 1. The van der Waals surface area contributed by atoms with E-state index in [9.17, 15) is 4.79 Å². The van der Waals surface area contributed by atoms with E-state index in [4.69, 9.17) is 19.9 Å². The Labute approximate surface area is 164 Å². The summed E-state index contributed by atoms with van der Waals surface area (Å²) in [6, 6.07) is 13.1. The van der Waals surface area contributed by atoms with Crippen LogP contribution in [0.4, 0.5) is 10.5 Å². The Balaban J connectivity index is 1.85. The molecule has 3 rings (SSSR count). The van der Waals surface area contributed by atoms with Gasteiger partial charge in [0.25, 0.3) is 0 Å². The van der Waals surface area contributed by atoms with E-state index >= 15 is 0 Å². The van der Waals surface area contributed by atoms with Gasteiger partial charge in [-0.25, -0.2) is 4.79 Å². The van der Waals surface area contributed by atoms with Gasteiger partial charge in [-0.15, -0.1) is 0 Å². The lowest BCUT2D eigenvalue weighted by atomic mass is 10.0. The van der Waals surface area contributed by atoms with Crippen LogP contribution in [0.3, 0.4) is 0 Å². The highest BCUT2D eigenvalue weighted by molar-refractivity contribution is 6.06. The van der Waals surface area contributed by atoms with E-state index in [2.05, 4.69) is 5.10 Å². The first kappa shape index (κ1) is 19.5. The summed E-state index contributed by atoms with van der Waals surface area (Å²) in [6.45, 7) is 2.37. The van der Waals surface area contributed by atoms with Gasteiger partial charge >= 0.3 is 6.09 Å². The van der Waals surface area contributed by atoms with Crippen LogP contribution in [0, 0.1) is 0 Å². The van der Waals surface area contributed by atoms with E-state index in [0.29, 0.717) is 42.3 Å². The molecule has 0 aliphatic carbocycles. The van der Waals surface area contributed by atoms with Crippen LogP contribution < -0.4 is 15.2 Å². The molecule has 2 aromatic rings. The second-order valence-corrected chi connectivity index (χ2v) is 6.45. The fourth-order valence-corrected chi connectivity index (χ4v) is 3.05. The molecule has 7 nitrogen and oxygen atoms in total. The number of nitrogens with two attached hydrogens (primary N) is 1. The van der Waals surface area contributed by atoms with Gasteiger partial charge in [0, 0.05) is 11.3 Å². The SMILES string of the molecule is CCC1OC(=O)N(CCc2ccc(N)cc2)N=C1c1ccc(OC)c(OC)c1. The molecular formula is C21H25N3O4. The number of rotatable bonds is 7. The molecule has 1 aliphatic heterocycles. The zero-order valence-corrected chi connectivity index (χ0v) is 16.3. The molecular weight excluding hydrogens is 358 g/mol. The minimum Gasteiger partial charge on any atom is -0.493 e. The van der Waals surface area contributed by atoms with E-state index in [-0.39, 0.29) is 0 Å². The summed E-state index contributed by atoms with van der Waals surface area (Å²) in [4.78, 5) is 12.4. The molecule has 1 unspecified atom stereocenters. The van der Waals surface area contributed by atoms with Crippen molar-refractivity contribution in [2.45, 2.75) is 25.9 Å². The molecule has 1 heterocycles. The summed E-state index contributed by atoms with van der Waals surface area (Å²) in [7, 11) is 3.17. The quantitative estimate of drug-likeness (QED) is 0.740. The van der Waals surface area contributed by atoms with E-state index in [1.165, 1.54) is 5.01 Å². The van der Waals surface area contributed by atoms with Crippen LogP contribution in [0.5, 0.6) is 11.5 Å². The van der Waals surface area contributed by atoms with Gasteiger partial charge in [0.05, 0.1) is 20.8 Å². The number of carbonyl (C=O) groups is 1. The van der Waals surface area contributed by atoms with E-state index < -0.39 is 12.2 Å². The molecule has 0 fully saturated rings. The highest BCUT2D eigenvalue weighted by Gasteiger charge is 2.30. The number of hydrazone groups is 1. The normalized spacial score (nSPS) is 16.4. The Morgan fingerprint density at radius 2 is 1.82 bits per heavy atom. The molecule has 2 aromatic carbocycles. The van der Waals surface area contributed by atoms with Gasteiger partial charge in [0.15, 0.2) is 11.5 Å². The molecule has 148 valence electrons. The monoisotopic (exact) mass is 383 g/mol. The van der Waals surface area contributed by atoms with Crippen LogP contribution in [0.15, 0.2) is 47.6 Å². The third-order valence-corrected chi connectivity index (χ3v) is 4.63. The summed E-state index contributed by atoms with van der Waals surface area (Å²) in [5, 5.41) is 5.97. The zero-order valence-electron chi connectivity index (χ0n) is 16.3. The van der Waals surface area contributed by atoms with Crippen molar-refractivity contribution >= 4 is 17.5 Å². The molecule has 0 saturated carbocycles. The van der Waals surface area contributed by atoms with Crippen LogP contribution in [0.2, 0.25) is 0 Å². The predicted octanol–water partition coefficient (Wildman–Crippen LogP) is 3.46. The van der Waals surface area contributed by atoms with E-state index in [0.717, 1.165) is 11.1 Å². The number of ether oxygens (including phenoxy) is 3. The highest BCUT2D eigenvalue weighted by atomic mass is 16.6. The zero-order chi connectivity index (χ0) is 20.1. The molecule has 1 atom stereocenters. The van der Waals surface area contributed by atoms with Crippen LogP contribution in [-0.4, -0.2) is 43.7 Å². The maximum absolute atomic E-state index is 12.4. The van der Waals surface area contributed by atoms with Crippen molar-refractivity contribution in [2.24, 2.45) is 5.10 Å². The molecule has 0 aromatic heterocycles. The third kappa shape index (κ3) is 4.19. The van der Waals surface area contributed by atoms with Crippen LogP contribution in [-0.2, 0) is 11.2 Å². The second-order valence-electron chi connectivity index (χ2n) is 6.45. The Morgan fingerprint density at radius 1 is 1.11 bits per heavy atom. The number of cyclic esters (lactones) is 1. The van der Waals surface area contributed by atoms with Crippen molar-refractivity contribution in [1.29, 1.82) is 0 Å². The van der Waals surface area contributed by atoms with Gasteiger partial charge in [-0.2, -0.15) is 10.1 Å². The van der Waals surface area contributed by atoms with E-state index in [1.54, 1.807) is 14.2 Å². The lowest BCUT2D eigenvalue weighted by Gasteiger charge is -2.29. The topological polar surface area (TPSA) is 86.4 Å². The van der Waals surface area contributed by atoms with Gasteiger partial charge in [-0.3, -0.25) is 0 Å². The fraction of sp³-hybridized carbons (Fsp3) is 0.333. The molecule has 1 aliphatic rings. The number of methoxy groups -OCH3 is 2. The van der Waals surface area contributed by atoms with E-state index in [1.807, 2.05) is 49.4 Å². The second kappa shape index (κ2) is 8.65. The molecule has 2 N–H and O–H groups in total. The smallest absolute Gasteiger partial charge is 0.431 e. The lowest BCUT2D eigenvalue weighted by molar-refractivity contribution is 0.0741. The van der Waals surface area contributed by atoms with Crippen LogP contribution in [0.1, 0.15) is 24.5 Å². The molecule has 0 radical (unpaired) electrons. The maximum Gasteiger partial charge on any atom is 0.431 e. The Bertz CT molecular complexity index is 864. The summed E-state index contributed by atoms with van der Waals surface area (Å²) < 4.78 is 16.3. The van der Waals surface area contributed by atoms with Crippen LogP contribution in [0.25, 0.3) is 0 Å². The number of nitrogens with zero attached hydrogens (tertiary/aromatic N) is 2. The van der Waals surface area contributed by atoms with Crippen molar-refractivity contribution < 1.29 is 19.0 Å². The molecule has 0 bridgehead atoms. The summed E-state index contributed by atoms with van der Waals surface area (Å²) in [5.41, 5.74) is 9.02. The lowest BCUT2D eigenvalue weighted by Crippen LogP contribution is -2.42. The van der Waals surface area contributed by atoms with Gasteiger partial charge in [0.1, 0.15) is 11.8 Å². The van der Waals surface area contributed by atoms with Gasteiger partial charge in [0.2, 0.25) is 0 Å². The minimum atomic E-state index is -0.438. The molecule has 0 saturated heterocycles. The highest BCUT2D eigenvalue weighted by Crippen LogP contribution is 2.29. The standard InChI is InChI=1S/C21H25N3O4/c1-4-17-20(15-7-10-18(26-2)19(13-15)27-3)23-24(21(25)28-17)12-11-14-5-8-16(22)9-6-14/h5-10,13,17H,4,11-12,22H2,1-3H3. The van der Waals surface area contributed by atoms with Crippen molar-refractivity contribution in [3.63, 3.8) is 0 Å². The number of amides is 1. The van der Waals surface area contributed by atoms with Crippen molar-refractivity contribution in [2.75, 3.05) is 26.5 Å². The fourth-order valence-electron chi connectivity index (χ4n) is 3.05. The van der Waals surface area contributed by atoms with Crippen molar-refractivity contribution in [3.05, 3.63) is 53.6 Å². The summed E-state index contributed by atoms with van der Waals surface area (Å²) in [5.74, 6) is 1.23. The maximum atomic E-state index is 12.4. The molecule has 1 amide bonds. The minimum absolute atomic E-state index is 0.404. The predicted molar refractivity (Wildman–Crippen MR) is 108 cm³/mol. The average molecular weight is 383 g/mol. The van der Waals surface area contributed by atoms with Crippen LogP contribution >= 0.6 is 0 Å². The van der Waals surface area contributed by atoms with Gasteiger partial charge in [-0.1, -0.05) is 19.1 Å². The molecule has 0 spiro atoms. The Hall–Kier alpha value is -3.22. The van der Waals surface area contributed by atoms with Gasteiger partial charge in [-0.05, 0) is 48.7 Å². The Morgan fingerprint density at radius 3 is 2.46 bits per heavy atom.